The molecule has 8 nitrogen and oxygen atoms in total. The molecule has 36 heavy (non-hydrogen) atoms. The summed E-state index contributed by atoms with van der Waals surface area (Å²) in [4.78, 5) is 27.5. The Kier molecular flexibility index (Phi) is 7.69. The number of carbonyl (C=O) groups excluding carboxylic acids is 1. The van der Waals surface area contributed by atoms with E-state index in [0.29, 0.717) is 23.9 Å². The summed E-state index contributed by atoms with van der Waals surface area (Å²) < 4.78 is 5.98. The van der Waals surface area contributed by atoms with Gasteiger partial charge in [-0.1, -0.05) is 0 Å². The zero-order valence-electron chi connectivity index (χ0n) is 21.7. The number of likely N-dealkylation sites (tertiary alicyclic amines) is 1. The SMILES string of the molecule is Cc1cc(OCCN2CCCC2)ccc1Nc1ncc(CN(C)C23CCSCC2C3)c(N(C)C=O)n1. The number of thioether (sulfide) groups is 1. The third kappa shape index (κ3) is 5.48. The number of aryl methyl sites for hydroxylation is 1. The summed E-state index contributed by atoms with van der Waals surface area (Å²) in [7, 11) is 3.95. The number of carbonyl (C=O) groups is 1. The Morgan fingerprint density at radius 2 is 2.14 bits per heavy atom. The van der Waals surface area contributed by atoms with Crippen molar-refractivity contribution in [2.45, 2.75) is 44.7 Å². The lowest BCUT2D eigenvalue weighted by Gasteiger charge is -2.32. The molecule has 3 aliphatic rings. The first kappa shape index (κ1) is 25.3. The van der Waals surface area contributed by atoms with Crippen molar-refractivity contribution < 1.29 is 9.53 Å². The zero-order valence-corrected chi connectivity index (χ0v) is 22.5. The van der Waals surface area contributed by atoms with E-state index in [1.165, 1.54) is 50.3 Å². The minimum atomic E-state index is 0.314. The fraction of sp³-hybridized carbons (Fsp3) is 0.593. The van der Waals surface area contributed by atoms with E-state index in [1.54, 1.807) is 11.9 Å². The number of nitrogens with one attached hydrogen (secondary N) is 1. The molecule has 2 atom stereocenters. The Bertz CT molecular complexity index is 1080. The number of nitrogens with zero attached hydrogens (tertiary/aromatic N) is 5. The van der Waals surface area contributed by atoms with Gasteiger partial charge in [0, 0.05) is 43.1 Å². The van der Waals surface area contributed by atoms with E-state index >= 15 is 0 Å². The Morgan fingerprint density at radius 3 is 2.89 bits per heavy atom. The maximum absolute atomic E-state index is 11.7. The van der Waals surface area contributed by atoms with E-state index in [9.17, 15) is 4.79 Å². The summed E-state index contributed by atoms with van der Waals surface area (Å²) in [6.45, 7) is 6.82. The fourth-order valence-corrected chi connectivity index (χ4v) is 7.02. The molecule has 0 spiro atoms. The van der Waals surface area contributed by atoms with Crippen LogP contribution in [0.5, 0.6) is 5.75 Å². The van der Waals surface area contributed by atoms with Gasteiger partial charge in [-0.05, 0) is 93.9 Å². The number of ether oxygens (including phenoxy) is 1. The molecule has 0 bridgehead atoms. The van der Waals surface area contributed by atoms with Crippen LogP contribution in [0.1, 0.15) is 36.8 Å². The Labute approximate surface area is 218 Å². The van der Waals surface area contributed by atoms with Crippen molar-refractivity contribution in [1.82, 2.24) is 19.8 Å². The molecule has 0 radical (unpaired) electrons. The van der Waals surface area contributed by atoms with Crippen LogP contribution in [0, 0.1) is 12.8 Å². The van der Waals surface area contributed by atoms with Crippen LogP contribution in [0.15, 0.2) is 24.4 Å². The first-order chi connectivity index (χ1) is 17.5. The molecule has 3 fully saturated rings. The number of rotatable bonds is 11. The summed E-state index contributed by atoms with van der Waals surface area (Å²) in [5, 5.41) is 3.33. The first-order valence-electron chi connectivity index (χ1n) is 13.0. The van der Waals surface area contributed by atoms with Gasteiger partial charge in [0.25, 0.3) is 0 Å². The molecule has 2 saturated heterocycles. The zero-order chi connectivity index (χ0) is 25.1. The van der Waals surface area contributed by atoms with Gasteiger partial charge in [0.1, 0.15) is 18.2 Å². The molecule has 1 N–H and O–H groups in total. The van der Waals surface area contributed by atoms with Crippen molar-refractivity contribution in [3.8, 4) is 5.75 Å². The molecular weight excluding hydrogens is 472 g/mol. The maximum atomic E-state index is 11.7. The van der Waals surface area contributed by atoms with E-state index < -0.39 is 0 Å². The molecular formula is C27H38N6O2S. The summed E-state index contributed by atoms with van der Waals surface area (Å²) in [6, 6.07) is 6.03. The minimum Gasteiger partial charge on any atom is -0.492 e. The Morgan fingerprint density at radius 1 is 1.31 bits per heavy atom. The van der Waals surface area contributed by atoms with Crippen LogP contribution in [0.25, 0.3) is 0 Å². The standard InChI is InChI=1S/C27H38N6O2S/c1-20-14-23(35-12-11-33-9-4-5-10-33)6-7-24(20)29-26-28-16-21(25(30-26)31(2)19-34)17-32(3)27-8-13-36-18-22(27)15-27/h6-7,14,16,19,22H,4-5,8-13,15,17-18H2,1-3H3,(H,28,29,30). The molecule has 1 amide bonds. The van der Waals surface area contributed by atoms with Crippen molar-refractivity contribution in [2.75, 3.05) is 62.1 Å². The molecule has 5 rings (SSSR count). The molecule has 1 aromatic carbocycles. The van der Waals surface area contributed by atoms with Crippen molar-refractivity contribution >= 4 is 35.6 Å². The average Bonchev–Trinajstić information content (AvgIpc) is 3.43. The summed E-state index contributed by atoms with van der Waals surface area (Å²) >= 11 is 2.07. The van der Waals surface area contributed by atoms with E-state index in [1.807, 2.05) is 31.3 Å². The highest BCUT2D eigenvalue weighted by atomic mass is 32.2. The van der Waals surface area contributed by atoms with Crippen LogP contribution < -0.4 is 15.0 Å². The predicted molar refractivity (Wildman–Crippen MR) is 146 cm³/mol. The quantitative estimate of drug-likeness (QED) is 0.456. The van der Waals surface area contributed by atoms with Crippen LogP contribution in [0.4, 0.5) is 17.5 Å². The second-order valence-electron chi connectivity index (χ2n) is 10.4. The van der Waals surface area contributed by atoms with Gasteiger partial charge in [0.05, 0.1) is 0 Å². The molecule has 1 aliphatic carbocycles. The van der Waals surface area contributed by atoms with Crippen molar-refractivity contribution in [2.24, 2.45) is 5.92 Å². The second kappa shape index (κ2) is 10.9. The van der Waals surface area contributed by atoms with Gasteiger partial charge in [-0.2, -0.15) is 16.7 Å². The molecule has 1 saturated carbocycles. The second-order valence-corrected chi connectivity index (χ2v) is 11.6. The lowest BCUT2D eigenvalue weighted by Crippen LogP contribution is -2.38. The predicted octanol–water partition coefficient (Wildman–Crippen LogP) is 3.92. The number of aromatic nitrogens is 2. The van der Waals surface area contributed by atoms with Crippen molar-refractivity contribution in [3.63, 3.8) is 0 Å². The van der Waals surface area contributed by atoms with Gasteiger partial charge in [0.15, 0.2) is 0 Å². The van der Waals surface area contributed by atoms with Crippen LogP contribution >= 0.6 is 11.8 Å². The van der Waals surface area contributed by atoms with Crippen molar-refractivity contribution in [1.29, 1.82) is 0 Å². The molecule has 2 unspecified atom stereocenters. The van der Waals surface area contributed by atoms with E-state index in [0.717, 1.165) is 48.0 Å². The number of amides is 1. The van der Waals surface area contributed by atoms with E-state index in [2.05, 4.69) is 38.9 Å². The minimum absolute atomic E-state index is 0.314. The largest absolute Gasteiger partial charge is 0.492 e. The van der Waals surface area contributed by atoms with Crippen LogP contribution in [-0.2, 0) is 11.3 Å². The summed E-state index contributed by atoms with van der Waals surface area (Å²) in [5.41, 5.74) is 3.26. The van der Waals surface area contributed by atoms with Crippen molar-refractivity contribution in [3.05, 3.63) is 35.5 Å². The number of anilines is 3. The summed E-state index contributed by atoms with van der Waals surface area (Å²) in [6.07, 6.45) is 7.76. The molecule has 2 aliphatic heterocycles. The van der Waals surface area contributed by atoms with Gasteiger partial charge < -0.3 is 15.0 Å². The first-order valence-corrected chi connectivity index (χ1v) is 14.2. The van der Waals surface area contributed by atoms with Gasteiger partial charge in [0.2, 0.25) is 12.4 Å². The Balaban J connectivity index is 1.25. The third-order valence-electron chi connectivity index (χ3n) is 8.02. The number of fused-ring (bicyclic) bond motifs is 1. The smallest absolute Gasteiger partial charge is 0.229 e. The molecule has 2 aromatic rings. The molecule has 194 valence electrons. The average molecular weight is 511 g/mol. The number of benzene rings is 1. The van der Waals surface area contributed by atoms with Gasteiger partial charge in [-0.15, -0.1) is 0 Å². The highest BCUT2D eigenvalue weighted by molar-refractivity contribution is 7.99. The summed E-state index contributed by atoms with van der Waals surface area (Å²) in [5.74, 6) is 5.26. The lowest BCUT2D eigenvalue weighted by atomic mass is 10.1. The highest BCUT2D eigenvalue weighted by Gasteiger charge is 2.57. The topological polar surface area (TPSA) is 73.8 Å². The third-order valence-corrected chi connectivity index (χ3v) is 9.15. The fourth-order valence-electron chi connectivity index (χ4n) is 5.64. The monoisotopic (exact) mass is 510 g/mol. The Hall–Kier alpha value is -2.36. The number of hydrogen-bond donors (Lipinski definition) is 1. The molecule has 3 heterocycles. The lowest BCUT2D eigenvalue weighted by molar-refractivity contribution is -0.107. The number of hydrogen-bond acceptors (Lipinski definition) is 8. The van der Waals surface area contributed by atoms with Crippen LogP contribution in [0.2, 0.25) is 0 Å². The van der Waals surface area contributed by atoms with E-state index in [4.69, 9.17) is 9.72 Å². The van der Waals surface area contributed by atoms with Gasteiger partial charge in [-0.25, -0.2) is 4.98 Å². The maximum Gasteiger partial charge on any atom is 0.229 e. The van der Waals surface area contributed by atoms with E-state index in [-0.39, 0.29) is 0 Å². The highest BCUT2D eigenvalue weighted by Crippen LogP contribution is 2.56. The van der Waals surface area contributed by atoms with Crippen LogP contribution in [0.3, 0.4) is 0 Å². The van der Waals surface area contributed by atoms with Gasteiger partial charge >= 0.3 is 0 Å². The molecule has 9 heteroatoms. The van der Waals surface area contributed by atoms with Gasteiger partial charge in [-0.3, -0.25) is 14.6 Å². The van der Waals surface area contributed by atoms with Crippen LogP contribution in [-0.4, -0.2) is 83.6 Å². The normalized spacial score (nSPS) is 23.4. The molecule has 1 aromatic heterocycles.